The molecule has 0 bridgehead atoms. The van der Waals surface area contributed by atoms with Crippen LogP contribution in [0.15, 0.2) is 71.8 Å². The Morgan fingerprint density at radius 2 is 1.52 bits per heavy atom. The predicted octanol–water partition coefficient (Wildman–Crippen LogP) is 5.06. The number of nitrogens with one attached hydrogen (secondary N) is 2. The quantitative estimate of drug-likeness (QED) is 0.358. The molecule has 2 amide bonds. The van der Waals surface area contributed by atoms with Gasteiger partial charge >= 0.3 is 0 Å². The summed E-state index contributed by atoms with van der Waals surface area (Å²) in [5.74, 6) is 0.238. The number of hydrogen-bond donors (Lipinski definition) is 2. The van der Waals surface area contributed by atoms with Gasteiger partial charge in [-0.3, -0.25) is 9.59 Å². The average Bonchev–Trinajstić information content (AvgIpc) is 2.80. The van der Waals surface area contributed by atoms with E-state index in [1.807, 2.05) is 87.5 Å². The number of ether oxygens (including phenoxy) is 1. The minimum Gasteiger partial charge on any atom is -0.489 e. The number of hydrazone groups is 1. The Bertz CT molecular complexity index is 1100. The van der Waals surface area contributed by atoms with Gasteiger partial charge in [0.25, 0.3) is 0 Å². The predicted molar refractivity (Wildman–Crippen MR) is 131 cm³/mol. The molecule has 6 heteroatoms. The lowest BCUT2D eigenvalue weighted by atomic mass is 10.0. The van der Waals surface area contributed by atoms with Crippen LogP contribution < -0.4 is 15.5 Å². The van der Waals surface area contributed by atoms with E-state index < -0.39 is 0 Å². The number of carbonyl (C=O) groups excluding carboxylic acids is 2. The zero-order chi connectivity index (χ0) is 23.6. The monoisotopic (exact) mass is 443 g/mol. The van der Waals surface area contributed by atoms with Crippen LogP contribution in [0.3, 0.4) is 0 Å². The Balaban J connectivity index is 1.40. The van der Waals surface area contributed by atoms with Crippen LogP contribution in [0.25, 0.3) is 0 Å². The maximum atomic E-state index is 12.2. The van der Waals surface area contributed by atoms with Crippen LogP contribution in [0, 0.1) is 20.8 Å². The standard InChI is InChI=1S/C27H29N3O3/c1-19-15-20(2)27(21(3)16-19)29-25(31)13-14-26(32)30-28-17-22-9-11-24(12-10-22)33-18-23-7-5-4-6-8-23/h4-12,15-17H,13-14,18H2,1-3H3,(H,29,31)(H,30,32). The number of aryl methyl sites for hydroxylation is 3. The third kappa shape index (κ3) is 7.61. The highest BCUT2D eigenvalue weighted by atomic mass is 16.5. The van der Waals surface area contributed by atoms with Crippen molar-refractivity contribution >= 4 is 23.7 Å². The third-order valence-electron chi connectivity index (χ3n) is 5.05. The van der Waals surface area contributed by atoms with E-state index in [2.05, 4.69) is 15.8 Å². The molecule has 170 valence electrons. The second-order valence-corrected chi connectivity index (χ2v) is 7.96. The zero-order valence-electron chi connectivity index (χ0n) is 19.2. The maximum Gasteiger partial charge on any atom is 0.240 e. The summed E-state index contributed by atoms with van der Waals surface area (Å²) in [5, 5.41) is 6.87. The Morgan fingerprint density at radius 1 is 0.879 bits per heavy atom. The van der Waals surface area contributed by atoms with Crippen molar-refractivity contribution < 1.29 is 14.3 Å². The van der Waals surface area contributed by atoms with E-state index >= 15 is 0 Å². The molecule has 2 N–H and O–H groups in total. The summed E-state index contributed by atoms with van der Waals surface area (Å²) in [6.07, 6.45) is 1.69. The van der Waals surface area contributed by atoms with Gasteiger partial charge in [-0.15, -0.1) is 0 Å². The summed E-state index contributed by atoms with van der Waals surface area (Å²) in [5.41, 5.74) is 8.35. The van der Waals surface area contributed by atoms with Gasteiger partial charge in [-0.25, -0.2) is 5.43 Å². The molecule has 0 atom stereocenters. The molecular weight excluding hydrogens is 414 g/mol. The maximum absolute atomic E-state index is 12.2. The minimum absolute atomic E-state index is 0.0550. The summed E-state index contributed by atoms with van der Waals surface area (Å²) in [7, 11) is 0. The number of carbonyl (C=O) groups is 2. The Morgan fingerprint density at radius 3 is 2.18 bits per heavy atom. The number of amides is 2. The van der Waals surface area contributed by atoms with E-state index in [4.69, 9.17) is 4.74 Å². The summed E-state index contributed by atoms with van der Waals surface area (Å²) in [6, 6.07) is 21.4. The largest absolute Gasteiger partial charge is 0.489 e. The molecule has 0 aromatic heterocycles. The Hall–Kier alpha value is -3.93. The molecule has 3 rings (SSSR count). The lowest BCUT2D eigenvalue weighted by Crippen LogP contribution is -2.21. The van der Waals surface area contributed by atoms with E-state index in [0.717, 1.165) is 39.3 Å². The highest BCUT2D eigenvalue weighted by Crippen LogP contribution is 2.22. The molecule has 6 nitrogen and oxygen atoms in total. The average molecular weight is 444 g/mol. The first-order valence-electron chi connectivity index (χ1n) is 10.9. The third-order valence-corrected chi connectivity index (χ3v) is 5.05. The number of benzene rings is 3. The molecule has 0 fully saturated rings. The fraction of sp³-hybridized carbons (Fsp3) is 0.222. The van der Waals surface area contributed by atoms with Gasteiger partial charge in [0.1, 0.15) is 12.4 Å². The van der Waals surface area contributed by atoms with Gasteiger partial charge in [-0.05, 0) is 67.3 Å². The summed E-state index contributed by atoms with van der Waals surface area (Å²) >= 11 is 0. The number of nitrogens with zero attached hydrogens (tertiary/aromatic N) is 1. The Kier molecular flexibility index (Phi) is 8.36. The molecule has 0 unspecified atom stereocenters. The van der Waals surface area contributed by atoms with Crippen LogP contribution in [0.1, 0.15) is 40.7 Å². The van der Waals surface area contributed by atoms with Gasteiger partial charge in [0.2, 0.25) is 11.8 Å². The minimum atomic E-state index is -0.318. The second-order valence-electron chi connectivity index (χ2n) is 7.96. The van der Waals surface area contributed by atoms with Crippen molar-refractivity contribution in [2.45, 2.75) is 40.2 Å². The van der Waals surface area contributed by atoms with Crippen LogP contribution in [-0.4, -0.2) is 18.0 Å². The van der Waals surface area contributed by atoms with E-state index in [1.54, 1.807) is 6.21 Å². The van der Waals surface area contributed by atoms with Crippen molar-refractivity contribution in [2.24, 2.45) is 5.10 Å². The van der Waals surface area contributed by atoms with Gasteiger partial charge in [-0.2, -0.15) is 5.10 Å². The van der Waals surface area contributed by atoms with E-state index in [-0.39, 0.29) is 24.7 Å². The lowest BCUT2D eigenvalue weighted by Gasteiger charge is -2.12. The van der Waals surface area contributed by atoms with Crippen molar-refractivity contribution in [2.75, 3.05) is 5.32 Å². The summed E-state index contributed by atoms with van der Waals surface area (Å²) in [6.45, 7) is 6.43. The van der Waals surface area contributed by atoms with Gasteiger partial charge in [-0.1, -0.05) is 48.0 Å². The number of hydrogen-bond acceptors (Lipinski definition) is 4. The smallest absolute Gasteiger partial charge is 0.240 e. The summed E-state index contributed by atoms with van der Waals surface area (Å²) in [4.78, 5) is 24.3. The van der Waals surface area contributed by atoms with Crippen molar-refractivity contribution in [3.05, 3.63) is 94.5 Å². The molecule has 3 aromatic carbocycles. The molecule has 0 aliphatic rings. The molecule has 33 heavy (non-hydrogen) atoms. The van der Waals surface area contributed by atoms with Gasteiger partial charge in [0.15, 0.2) is 0 Å². The molecule has 3 aromatic rings. The van der Waals surface area contributed by atoms with Crippen LogP contribution in [0.2, 0.25) is 0 Å². The highest BCUT2D eigenvalue weighted by molar-refractivity contribution is 5.94. The molecule has 0 aliphatic heterocycles. The molecular formula is C27H29N3O3. The van der Waals surface area contributed by atoms with Crippen LogP contribution in [-0.2, 0) is 16.2 Å². The number of anilines is 1. The van der Waals surface area contributed by atoms with Crippen molar-refractivity contribution in [3.63, 3.8) is 0 Å². The highest BCUT2D eigenvalue weighted by Gasteiger charge is 2.10. The summed E-state index contributed by atoms with van der Waals surface area (Å²) < 4.78 is 5.76. The fourth-order valence-corrected chi connectivity index (χ4v) is 3.43. The van der Waals surface area contributed by atoms with Crippen LogP contribution >= 0.6 is 0 Å². The molecule has 0 saturated heterocycles. The van der Waals surface area contributed by atoms with Gasteiger partial charge in [0.05, 0.1) is 6.21 Å². The molecule has 0 saturated carbocycles. The second kappa shape index (κ2) is 11.6. The lowest BCUT2D eigenvalue weighted by molar-refractivity contribution is -0.124. The molecule has 0 spiro atoms. The Labute approximate surface area is 194 Å². The first kappa shape index (κ1) is 23.7. The molecule has 0 radical (unpaired) electrons. The van der Waals surface area contributed by atoms with Gasteiger partial charge in [0, 0.05) is 18.5 Å². The van der Waals surface area contributed by atoms with Crippen molar-refractivity contribution in [1.29, 1.82) is 0 Å². The van der Waals surface area contributed by atoms with E-state index in [1.165, 1.54) is 0 Å². The van der Waals surface area contributed by atoms with E-state index in [9.17, 15) is 9.59 Å². The van der Waals surface area contributed by atoms with Crippen LogP contribution in [0.4, 0.5) is 5.69 Å². The first-order valence-corrected chi connectivity index (χ1v) is 10.9. The van der Waals surface area contributed by atoms with E-state index in [0.29, 0.717) is 6.61 Å². The normalized spacial score (nSPS) is 10.8. The fourth-order valence-electron chi connectivity index (χ4n) is 3.43. The SMILES string of the molecule is Cc1cc(C)c(NC(=O)CCC(=O)NN=Cc2ccc(OCc3ccccc3)cc2)c(C)c1. The molecule has 0 heterocycles. The van der Waals surface area contributed by atoms with Crippen molar-refractivity contribution in [3.8, 4) is 5.75 Å². The van der Waals surface area contributed by atoms with Crippen molar-refractivity contribution in [1.82, 2.24) is 5.43 Å². The first-order chi connectivity index (χ1) is 15.9. The molecule has 0 aliphatic carbocycles. The van der Waals surface area contributed by atoms with Crippen LogP contribution in [0.5, 0.6) is 5.75 Å². The zero-order valence-corrected chi connectivity index (χ0v) is 19.2. The number of rotatable bonds is 9. The topological polar surface area (TPSA) is 79.8 Å². The van der Waals surface area contributed by atoms with Gasteiger partial charge < -0.3 is 10.1 Å².